The fraction of sp³-hybridized carbons (Fsp3) is 0.526. The van der Waals surface area contributed by atoms with E-state index in [1.54, 1.807) is 6.07 Å². The first-order chi connectivity index (χ1) is 12.3. The summed E-state index contributed by atoms with van der Waals surface area (Å²) in [7, 11) is -3.42. The number of carbonyl (C=O) groups is 1. The minimum absolute atomic E-state index is 0.137. The molecule has 0 fully saturated rings. The van der Waals surface area contributed by atoms with Gasteiger partial charge in [-0.2, -0.15) is 4.31 Å². The molecule has 0 atom stereocenters. The molecule has 0 unspecified atom stereocenters. The van der Waals surface area contributed by atoms with Crippen molar-refractivity contribution in [3.63, 3.8) is 0 Å². The highest BCUT2D eigenvalue weighted by molar-refractivity contribution is 7.88. The van der Waals surface area contributed by atoms with Gasteiger partial charge in [-0.15, -0.1) is 0 Å². The van der Waals surface area contributed by atoms with E-state index in [2.05, 4.69) is 11.4 Å². The molecule has 1 amide bonds. The molecule has 1 aliphatic carbocycles. The van der Waals surface area contributed by atoms with Crippen molar-refractivity contribution in [3.05, 3.63) is 46.5 Å². The van der Waals surface area contributed by atoms with Crippen molar-refractivity contribution in [3.8, 4) is 0 Å². The summed E-state index contributed by atoms with van der Waals surface area (Å²) in [4.78, 5) is 12.2. The fourth-order valence-electron chi connectivity index (χ4n) is 3.02. The van der Waals surface area contributed by atoms with Crippen LogP contribution < -0.4 is 5.32 Å². The maximum Gasteiger partial charge on any atom is 0.235 e. The van der Waals surface area contributed by atoms with Crippen LogP contribution in [0.5, 0.6) is 0 Å². The Hall–Kier alpha value is -1.37. The van der Waals surface area contributed by atoms with E-state index < -0.39 is 10.0 Å². The molecule has 2 rings (SSSR count). The molecule has 1 aromatic carbocycles. The molecule has 0 saturated carbocycles. The summed E-state index contributed by atoms with van der Waals surface area (Å²) in [6, 6.07) is 7.47. The van der Waals surface area contributed by atoms with Crippen LogP contribution in [0.25, 0.3) is 0 Å². The Morgan fingerprint density at radius 3 is 2.73 bits per heavy atom. The third-order valence-electron chi connectivity index (χ3n) is 4.48. The third-order valence-corrected chi connectivity index (χ3v) is 5.97. The highest BCUT2D eigenvalue weighted by Gasteiger charge is 2.20. The highest BCUT2D eigenvalue weighted by Crippen LogP contribution is 2.20. The van der Waals surface area contributed by atoms with Gasteiger partial charge >= 0.3 is 0 Å². The largest absolute Gasteiger partial charge is 0.355 e. The average Bonchev–Trinajstić information content (AvgIpc) is 2.58. The molecule has 0 aliphatic heterocycles. The van der Waals surface area contributed by atoms with Gasteiger partial charge in [0.25, 0.3) is 0 Å². The van der Waals surface area contributed by atoms with Crippen molar-refractivity contribution in [1.29, 1.82) is 0 Å². The summed E-state index contributed by atoms with van der Waals surface area (Å²) < 4.78 is 25.2. The predicted molar refractivity (Wildman–Crippen MR) is 106 cm³/mol. The Morgan fingerprint density at radius 1 is 1.27 bits per heavy atom. The lowest BCUT2D eigenvalue weighted by atomic mass is 9.97. The van der Waals surface area contributed by atoms with E-state index in [1.807, 2.05) is 18.2 Å². The molecule has 7 heteroatoms. The molecule has 26 heavy (non-hydrogen) atoms. The van der Waals surface area contributed by atoms with Crippen LogP contribution in [-0.4, -0.2) is 44.5 Å². The number of halogens is 1. The van der Waals surface area contributed by atoms with E-state index >= 15 is 0 Å². The molecule has 0 bridgehead atoms. The van der Waals surface area contributed by atoms with Crippen LogP contribution in [-0.2, 0) is 21.2 Å². The van der Waals surface area contributed by atoms with Gasteiger partial charge in [0.2, 0.25) is 15.9 Å². The number of hydrogen-bond acceptors (Lipinski definition) is 3. The molecule has 1 N–H and O–H groups in total. The zero-order chi connectivity index (χ0) is 19.0. The second-order valence-electron chi connectivity index (χ2n) is 6.68. The summed E-state index contributed by atoms with van der Waals surface area (Å²) in [6.07, 6.45) is 9.17. The molecule has 1 aliphatic rings. The van der Waals surface area contributed by atoms with Gasteiger partial charge in [-0.3, -0.25) is 4.79 Å². The number of carbonyl (C=O) groups excluding carboxylic acids is 1. The molecule has 0 radical (unpaired) electrons. The van der Waals surface area contributed by atoms with Gasteiger partial charge in [0.05, 0.1) is 12.8 Å². The van der Waals surface area contributed by atoms with E-state index in [9.17, 15) is 13.2 Å². The van der Waals surface area contributed by atoms with E-state index in [4.69, 9.17) is 11.6 Å². The summed E-state index contributed by atoms with van der Waals surface area (Å²) in [6.45, 7) is 0.663. The van der Waals surface area contributed by atoms with Gasteiger partial charge in [0.15, 0.2) is 0 Å². The first kappa shape index (κ1) is 20.9. The van der Waals surface area contributed by atoms with Gasteiger partial charge < -0.3 is 5.32 Å². The SMILES string of the molecule is CS(=O)(=O)N(CCC1=CCCCC1)CC(=O)NCCc1cccc(Cl)c1. The van der Waals surface area contributed by atoms with Crippen LogP contribution in [0.15, 0.2) is 35.9 Å². The fourth-order valence-corrected chi connectivity index (χ4v) is 4.00. The monoisotopic (exact) mass is 398 g/mol. The third kappa shape index (κ3) is 7.48. The molecule has 1 aromatic rings. The predicted octanol–water partition coefficient (Wildman–Crippen LogP) is 3.15. The highest BCUT2D eigenvalue weighted by atomic mass is 35.5. The maximum absolute atomic E-state index is 12.2. The minimum Gasteiger partial charge on any atom is -0.355 e. The number of nitrogens with one attached hydrogen (secondary N) is 1. The van der Waals surface area contributed by atoms with E-state index in [0.717, 1.165) is 31.1 Å². The van der Waals surface area contributed by atoms with Gasteiger partial charge in [0, 0.05) is 18.1 Å². The number of hydrogen-bond donors (Lipinski definition) is 1. The Kier molecular flexibility index (Phi) is 8.13. The van der Waals surface area contributed by atoms with Gasteiger partial charge in [0.1, 0.15) is 0 Å². The molecular weight excluding hydrogens is 372 g/mol. The average molecular weight is 399 g/mol. The molecule has 0 aromatic heterocycles. The lowest BCUT2D eigenvalue weighted by Crippen LogP contribution is -2.41. The van der Waals surface area contributed by atoms with Gasteiger partial charge in [-0.25, -0.2) is 8.42 Å². The van der Waals surface area contributed by atoms with Crippen LogP contribution in [0, 0.1) is 0 Å². The van der Waals surface area contributed by atoms with Crippen molar-refractivity contribution in [1.82, 2.24) is 9.62 Å². The Labute approximate surface area is 161 Å². The van der Waals surface area contributed by atoms with Crippen LogP contribution in [0.1, 0.15) is 37.7 Å². The zero-order valence-electron chi connectivity index (χ0n) is 15.2. The summed E-state index contributed by atoms with van der Waals surface area (Å²) in [5.74, 6) is -0.282. The first-order valence-electron chi connectivity index (χ1n) is 8.99. The van der Waals surface area contributed by atoms with Crippen molar-refractivity contribution >= 4 is 27.5 Å². The van der Waals surface area contributed by atoms with Crippen molar-refractivity contribution in [2.45, 2.75) is 38.5 Å². The van der Waals surface area contributed by atoms with E-state index in [1.165, 1.54) is 16.3 Å². The molecule has 0 spiro atoms. The molecule has 0 heterocycles. The van der Waals surface area contributed by atoms with Crippen molar-refractivity contribution in [2.75, 3.05) is 25.9 Å². The first-order valence-corrected chi connectivity index (χ1v) is 11.2. The van der Waals surface area contributed by atoms with Crippen LogP contribution in [0.3, 0.4) is 0 Å². The van der Waals surface area contributed by atoms with E-state index in [-0.39, 0.29) is 12.5 Å². The Morgan fingerprint density at radius 2 is 2.08 bits per heavy atom. The maximum atomic E-state index is 12.2. The number of nitrogens with zero attached hydrogens (tertiary/aromatic N) is 1. The Balaban J connectivity index is 1.81. The number of benzene rings is 1. The van der Waals surface area contributed by atoms with Crippen LogP contribution in [0.2, 0.25) is 5.02 Å². The minimum atomic E-state index is -3.42. The molecule has 0 saturated heterocycles. The van der Waals surface area contributed by atoms with Crippen molar-refractivity contribution in [2.24, 2.45) is 0 Å². The smallest absolute Gasteiger partial charge is 0.235 e. The molecular formula is C19H27ClN2O3S. The lowest BCUT2D eigenvalue weighted by Gasteiger charge is -2.21. The zero-order valence-corrected chi connectivity index (χ0v) is 16.8. The van der Waals surface area contributed by atoms with Crippen LogP contribution >= 0.6 is 11.6 Å². The Bertz CT molecular complexity index is 747. The summed E-state index contributed by atoms with van der Waals surface area (Å²) in [5.41, 5.74) is 2.33. The second kappa shape index (κ2) is 10.1. The normalized spacial score (nSPS) is 15.0. The summed E-state index contributed by atoms with van der Waals surface area (Å²) in [5, 5.41) is 3.45. The van der Waals surface area contributed by atoms with Gasteiger partial charge in [-0.05, 0) is 56.2 Å². The quantitative estimate of drug-likeness (QED) is 0.650. The number of amides is 1. The molecule has 144 valence electrons. The van der Waals surface area contributed by atoms with Gasteiger partial charge in [-0.1, -0.05) is 35.4 Å². The lowest BCUT2D eigenvalue weighted by molar-refractivity contribution is -0.121. The number of rotatable bonds is 9. The standard InChI is InChI=1S/C19H27ClN2O3S/c1-26(24,25)22(13-11-16-6-3-2-4-7-16)15-19(23)21-12-10-17-8-5-9-18(20)14-17/h5-6,8-9,14H,2-4,7,10-13,15H2,1H3,(H,21,23). The summed E-state index contributed by atoms with van der Waals surface area (Å²) >= 11 is 5.94. The molecule has 5 nitrogen and oxygen atoms in total. The second-order valence-corrected chi connectivity index (χ2v) is 9.10. The number of allylic oxidation sites excluding steroid dienone is 1. The number of sulfonamides is 1. The van der Waals surface area contributed by atoms with E-state index in [0.29, 0.717) is 31.0 Å². The van der Waals surface area contributed by atoms with Crippen molar-refractivity contribution < 1.29 is 13.2 Å². The topological polar surface area (TPSA) is 66.5 Å². The van der Waals surface area contributed by atoms with Crippen LogP contribution in [0.4, 0.5) is 0 Å².